The topological polar surface area (TPSA) is 26.3 Å². The maximum Gasteiger partial charge on any atom is 0.192 e. The van der Waals surface area contributed by atoms with E-state index in [-0.39, 0.29) is 16.9 Å². The first-order valence-electron chi connectivity index (χ1n) is 8.35. The fourth-order valence-corrected chi connectivity index (χ4v) is 4.03. The lowest BCUT2D eigenvalue weighted by Crippen LogP contribution is -2.44. The van der Waals surface area contributed by atoms with Crippen molar-refractivity contribution in [3.05, 3.63) is 34.9 Å². The molecule has 0 radical (unpaired) electrons. The van der Waals surface area contributed by atoms with Gasteiger partial charge in [0.15, 0.2) is 14.1 Å². The van der Waals surface area contributed by atoms with E-state index in [9.17, 15) is 4.79 Å². The molecule has 0 heterocycles. The molecule has 0 aromatic heterocycles. The average Bonchev–Trinajstić information content (AvgIpc) is 2.56. The van der Waals surface area contributed by atoms with Crippen molar-refractivity contribution in [3.8, 4) is 0 Å². The third-order valence-corrected chi connectivity index (χ3v) is 9.80. The zero-order chi connectivity index (χ0) is 16.7. The van der Waals surface area contributed by atoms with Gasteiger partial charge in [-0.3, -0.25) is 4.79 Å². The predicted molar refractivity (Wildman–Crippen MR) is 95.4 cm³/mol. The Morgan fingerprint density at radius 3 is 2.41 bits per heavy atom. The molecular formula is C19H30O2Si. The van der Waals surface area contributed by atoms with E-state index >= 15 is 0 Å². The van der Waals surface area contributed by atoms with Crippen LogP contribution >= 0.6 is 0 Å². The number of hydrogen-bond acceptors (Lipinski definition) is 2. The van der Waals surface area contributed by atoms with Crippen LogP contribution in [0.15, 0.2) is 34.9 Å². The molecule has 0 spiro atoms. The molecule has 1 atom stereocenters. The molecule has 0 saturated carbocycles. The molecule has 22 heavy (non-hydrogen) atoms. The van der Waals surface area contributed by atoms with Gasteiger partial charge < -0.3 is 4.43 Å². The summed E-state index contributed by atoms with van der Waals surface area (Å²) in [7, 11) is -1.86. The summed E-state index contributed by atoms with van der Waals surface area (Å²) in [5.74, 6) is 0.736. The summed E-state index contributed by atoms with van der Waals surface area (Å²) in [6, 6.07) is 0. The molecule has 2 aliphatic rings. The van der Waals surface area contributed by atoms with E-state index in [4.69, 9.17) is 4.43 Å². The van der Waals surface area contributed by atoms with Crippen molar-refractivity contribution >= 4 is 14.1 Å². The zero-order valence-electron chi connectivity index (χ0n) is 15.1. The first-order chi connectivity index (χ1) is 10.0. The lowest BCUT2D eigenvalue weighted by molar-refractivity contribution is -0.115. The van der Waals surface area contributed by atoms with Crippen LogP contribution in [0.25, 0.3) is 0 Å². The Morgan fingerprint density at radius 2 is 1.86 bits per heavy atom. The number of carbonyl (C=O) groups excluding carboxylic acids is 1. The molecule has 0 bridgehead atoms. The second kappa shape index (κ2) is 5.93. The molecule has 0 amide bonds. The predicted octanol–water partition coefficient (Wildman–Crippen LogP) is 5.19. The number of hydrogen-bond donors (Lipinski definition) is 0. The summed E-state index contributed by atoms with van der Waals surface area (Å²) in [6.07, 6.45) is 7.75. The van der Waals surface area contributed by atoms with Crippen LogP contribution in [0.3, 0.4) is 0 Å². The van der Waals surface area contributed by atoms with Crippen molar-refractivity contribution in [1.82, 2.24) is 0 Å². The molecule has 1 unspecified atom stereocenters. The number of ketones is 1. The highest BCUT2D eigenvalue weighted by atomic mass is 28.4. The van der Waals surface area contributed by atoms with E-state index in [0.29, 0.717) is 12.3 Å². The third kappa shape index (κ3) is 3.36. The first-order valence-corrected chi connectivity index (χ1v) is 11.3. The van der Waals surface area contributed by atoms with Crippen molar-refractivity contribution in [2.24, 2.45) is 5.92 Å². The minimum absolute atomic E-state index is 0.0178. The molecule has 0 N–H and O–H groups in total. The van der Waals surface area contributed by atoms with Gasteiger partial charge in [0.2, 0.25) is 0 Å². The summed E-state index contributed by atoms with van der Waals surface area (Å²) in [5.41, 5.74) is 3.41. The van der Waals surface area contributed by atoms with E-state index in [1.807, 2.05) is 6.08 Å². The second-order valence-corrected chi connectivity index (χ2v) is 13.1. The minimum Gasteiger partial charge on any atom is -0.410 e. The number of Topliss-reactive ketones (excluding diaryl/α,β-unsaturated/α-hetero) is 1. The highest BCUT2D eigenvalue weighted by Gasteiger charge is 2.42. The SMILES string of the molecule is CC(C)C1=CCC2=C(C=C1)C(=O)CC2O[Si](C)(C)C(C)(C)C. The van der Waals surface area contributed by atoms with Crippen molar-refractivity contribution in [3.63, 3.8) is 0 Å². The number of carbonyl (C=O) groups is 1. The highest BCUT2D eigenvalue weighted by molar-refractivity contribution is 6.74. The lowest BCUT2D eigenvalue weighted by Gasteiger charge is -2.39. The van der Waals surface area contributed by atoms with Gasteiger partial charge in [0.25, 0.3) is 0 Å². The van der Waals surface area contributed by atoms with Gasteiger partial charge in [-0.05, 0) is 41.6 Å². The van der Waals surface area contributed by atoms with Gasteiger partial charge in [-0.25, -0.2) is 0 Å². The number of rotatable bonds is 3. The molecule has 0 aromatic carbocycles. The summed E-state index contributed by atoms with van der Waals surface area (Å²) in [5, 5.41) is 0.166. The Hall–Kier alpha value is -0.933. The van der Waals surface area contributed by atoms with Crippen molar-refractivity contribution in [2.75, 3.05) is 0 Å². The van der Waals surface area contributed by atoms with Gasteiger partial charge in [0, 0.05) is 12.0 Å². The smallest absolute Gasteiger partial charge is 0.192 e. The first kappa shape index (κ1) is 17.4. The second-order valence-electron chi connectivity index (χ2n) is 8.33. The van der Waals surface area contributed by atoms with Crippen LogP contribution in [0.1, 0.15) is 47.5 Å². The molecule has 3 heteroatoms. The van der Waals surface area contributed by atoms with Crippen molar-refractivity contribution in [2.45, 2.75) is 71.7 Å². The van der Waals surface area contributed by atoms with E-state index in [1.165, 1.54) is 11.1 Å². The molecule has 0 aromatic rings. The third-order valence-electron chi connectivity index (χ3n) is 5.32. The Kier molecular flexibility index (Phi) is 4.70. The van der Waals surface area contributed by atoms with Crippen LogP contribution in [-0.2, 0) is 9.22 Å². The van der Waals surface area contributed by atoms with Gasteiger partial charge in [-0.15, -0.1) is 0 Å². The molecule has 122 valence electrons. The zero-order valence-corrected chi connectivity index (χ0v) is 16.1. The van der Waals surface area contributed by atoms with Crippen LogP contribution in [0, 0.1) is 5.92 Å². The minimum atomic E-state index is -1.86. The normalized spacial score (nSPS) is 23.0. The lowest BCUT2D eigenvalue weighted by atomic mass is 10.0. The fraction of sp³-hybridized carbons (Fsp3) is 0.632. The highest BCUT2D eigenvalue weighted by Crippen LogP contribution is 2.41. The molecule has 2 nitrogen and oxygen atoms in total. The van der Waals surface area contributed by atoms with E-state index < -0.39 is 8.32 Å². The Labute approximate surface area is 136 Å². The largest absolute Gasteiger partial charge is 0.410 e. The quantitative estimate of drug-likeness (QED) is 0.669. The Bertz CT molecular complexity index is 556. The standard InChI is InChI=1S/C19H30O2Si/c1-13(2)14-8-10-15-16(11-9-14)18(12-17(15)20)21-22(6,7)19(3,4)5/h8-10,13,18H,11-12H2,1-7H3. The Balaban J connectivity index is 2.26. The van der Waals surface area contributed by atoms with Gasteiger partial charge in [0.05, 0.1) is 6.10 Å². The summed E-state index contributed by atoms with van der Waals surface area (Å²) < 4.78 is 6.55. The van der Waals surface area contributed by atoms with E-state index in [0.717, 1.165) is 12.0 Å². The fourth-order valence-electron chi connectivity index (χ4n) is 2.74. The molecule has 0 aliphatic heterocycles. The van der Waals surface area contributed by atoms with Gasteiger partial charge in [-0.2, -0.15) is 0 Å². The summed E-state index contributed by atoms with van der Waals surface area (Å²) in [6.45, 7) is 15.6. The molecule has 0 fully saturated rings. The van der Waals surface area contributed by atoms with Gasteiger partial charge >= 0.3 is 0 Å². The number of allylic oxidation sites excluding steroid dienone is 5. The van der Waals surface area contributed by atoms with Crippen LogP contribution < -0.4 is 0 Å². The maximum atomic E-state index is 12.4. The Morgan fingerprint density at radius 1 is 1.23 bits per heavy atom. The van der Waals surface area contributed by atoms with Crippen LogP contribution in [0.2, 0.25) is 18.1 Å². The van der Waals surface area contributed by atoms with Crippen LogP contribution in [0.5, 0.6) is 0 Å². The van der Waals surface area contributed by atoms with Gasteiger partial charge in [0.1, 0.15) is 0 Å². The molecule has 2 aliphatic carbocycles. The van der Waals surface area contributed by atoms with E-state index in [2.05, 4.69) is 59.9 Å². The monoisotopic (exact) mass is 318 g/mol. The van der Waals surface area contributed by atoms with Crippen molar-refractivity contribution < 1.29 is 9.22 Å². The average molecular weight is 319 g/mol. The summed E-state index contributed by atoms with van der Waals surface area (Å²) >= 11 is 0. The molecule has 2 rings (SSSR count). The van der Waals surface area contributed by atoms with Gasteiger partial charge in [-0.1, -0.05) is 52.8 Å². The molecule has 0 saturated heterocycles. The van der Waals surface area contributed by atoms with Crippen molar-refractivity contribution in [1.29, 1.82) is 0 Å². The maximum absolute atomic E-state index is 12.4. The summed E-state index contributed by atoms with van der Waals surface area (Å²) in [4.78, 5) is 12.4. The molecular weight excluding hydrogens is 288 g/mol. The van der Waals surface area contributed by atoms with E-state index in [1.54, 1.807) is 0 Å². The van der Waals surface area contributed by atoms with Crippen LogP contribution in [-0.4, -0.2) is 20.2 Å². The van der Waals surface area contributed by atoms with Crippen LogP contribution in [0.4, 0.5) is 0 Å².